The normalized spacial score (nSPS) is 13.3. The Morgan fingerprint density at radius 3 is 2.69 bits per heavy atom. The molecule has 144 valence electrons. The number of carbonyl (C=O) groups is 1. The van der Waals surface area contributed by atoms with Crippen molar-refractivity contribution in [1.82, 2.24) is 9.78 Å². The Morgan fingerprint density at radius 1 is 1.35 bits per heavy atom. The predicted octanol–water partition coefficient (Wildman–Crippen LogP) is 3.28. The van der Waals surface area contributed by atoms with E-state index in [-0.39, 0.29) is 18.9 Å². The minimum Gasteiger partial charge on any atom is -0.481 e. The Morgan fingerprint density at radius 2 is 2.08 bits per heavy atom. The molecule has 0 amide bonds. The van der Waals surface area contributed by atoms with Gasteiger partial charge in [0, 0.05) is 32.9 Å². The molecule has 0 spiro atoms. The third-order valence-corrected chi connectivity index (χ3v) is 6.08. The molecule has 6 nitrogen and oxygen atoms in total. The molecule has 0 bridgehead atoms. The van der Waals surface area contributed by atoms with Crippen LogP contribution >= 0.6 is 0 Å². The first kappa shape index (κ1) is 20.6. The van der Waals surface area contributed by atoms with Crippen LogP contribution < -0.4 is 0 Å². The molecule has 2 N–H and O–H groups in total. The Hall–Kier alpha value is -1.70. The van der Waals surface area contributed by atoms with Gasteiger partial charge < -0.3 is 14.9 Å². The average molecular weight is 379 g/mol. The number of nitrogens with zero attached hydrogens (tertiary/aromatic N) is 2. The lowest BCUT2D eigenvalue weighted by Crippen LogP contribution is -2.22. The zero-order valence-electron chi connectivity index (χ0n) is 16.2. The number of ether oxygens (including phenoxy) is 1. The largest absolute Gasteiger partial charge is 0.481 e. The fourth-order valence-electron chi connectivity index (χ4n) is 2.94. The maximum Gasteiger partial charge on any atom is 0.303 e. The quantitative estimate of drug-likeness (QED) is 0.489. The predicted molar refractivity (Wildman–Crippen MR) is 105 cm³/mol. The summed E-state index contributed by atoms with van der Waals surface area (Å²) < 4.78 is 7.57. The van der Waals surface area contributed by atoms with Crippen LogP contribution in [0.15, 0.2) is 18.3 Å². The number of aliphatic hydroxyl groups is 1. The lowest BCUT2D eigenvalue weighted by Gasteiger charge is -2.15. The number of hydrogen-bond donors (Lipinski definition) is 2. The number of aliphatic carboxylic acids is 1. The van der Waals surface area contributed by atoms with Gasteiger partial charge >= 0.3 is 5.97 Å². The molecule has 2 rings (SSSR count). The first-order valence-electron chi connectivity index (χ1n) is 9.05. The standard InChI is InChI=1S/C19H30N2O4Si/c1-14-7-15(8-16(12-22)10-18(23)24)9-17-11-21(20-19(14)17)13-25-5-6-26(2,3)4/h7,9,11,16,22H,5-6,8,10,12-13H2,1-4H3,(H,23,24). The summed E-state index contributed by atoms with van der Waals surface area (Å²) in [6, 6.07) is 5.18. The van der Waals surface area contributed by atoms with Gasteiger partial charge in [-0.3, -0.25) is 4.79 Å². The lowest BCUT2D eigenvalue weighted by molar-refractivity contribution is -0.138. The number of carboxylic acid groups (broad SMARTS) is 1. The molecule has 0 fully saturated rings. The van der Waals surface area contributed by atoms with E-state index in [9.17, 15) is 9.90 Å². The van der Waals surface area contributed by atoms with Crippen LogP contribution in [0.1, 0.15) is 17.5 Å². The maximum absolute atomic E-state index is 10.9. The summed E-state index contributed by atoms with van der Waals surface area (Å²) in [6.07, 6.45) is 2.47. The molecule has 0 saturated heterocycles. The van der Waals surface area contributed by atoms with Crippen molar-refractivity contribution in [3.8, 4) is 0 Å². The molecule has 0 radical (unpaired) electrons. The van der Waals surface area contributed by atoms with Crippen molar-refractivity contribution < 1.29 is 19.7 Å². The van der Waals surface area contributed by atoms with E-state index in [4.69, 9.17) is 9.84 Å². The highest BCUT2D eigenvalue weighted by atomic mass is 28.3. The minimum absolute atomic E-state index is 0.0300. The summed E-state index contributed by atoms with van der Waals surface area (Å²) in [5.74, 6) is -1.16. The van der Waals surface area contributed by atoms with Crippen molar-refractivity contribution in [3.05, 3.63) is 29.5 Å². The molecule has 1 aromatic carbocycles. The smallest absolute Gasteiger partial charge is 0.303 e. The third-order valence-electron chi connectivity index (χ3n) is 4.37. The summed E-state index contributed by atoms with van der Waals surface area (Å²) in [7, 11) is -1.09. The van der Waals surface area contributed by atoms with Crippen molar-refractivity contribution in [3.63, 3.8) is 0 Å². The van der Waals surface area contributed by atoms with Crippen LogP contribution in [0.4, 0.5) is 0 Å². The first-order valence-corrected chi connectivity index (χ1v) is 12.8. The van der Waals surface area contributed by atoms with Gasteiger partial charge in [0.05, 0.1) is 11.9 Å². The van der Waals surface area contributed by atoms with E-state index < -0.39 is 14.0 Å². The highest BCUT2D eigenvalue weighted by Gasteiger charge is 2.15. The summed E-state index contributed by atoms with van der Waals surface area (Å²) in [5.41, 5.74) is 3.00. The van der Waals surface area contributed by atoms with E-state index in [1.807, 2.05) is 29.9 Å². The van der Waals surface area contributed by atoms with Gasteiger partial charge in [-0.05, 0) is 42.5 Å². The van der Waals surface area contributed by atoms with Gasteiger partial charge in [-0.25, -0.2) is 4.68 Å². The first-order chi connectivity index (χ1) is 12.2. The van der Waals surface area contributed by atoms with Gasteiger partial charge in [-0.15, -0.1) is 0 Å². The van der Waals surface area contributed by atoms with E-state index in [0.717, 1.165) is 34.7 Å². The van der Waals surface area contributed by atoms with Crippen molar-refractivity contribution >= 4 is 24.9 Å². The molecule has 0 aliphatic carbocycles. The molecule has 0 saturated carbocycles. The molecular formula is C19H30N2O4Si. The van der Waals surface area contributed by atoms with Crippen LogP contribution in [0.5, 0.6) is 0 Å². The average Bonchev–Trinajstić information content (AvgIpc) is 2.93. The number of benzene rings is 1. The number of aliphatic hydroxyl groups excluding tert-OH is 1. The van der Waals surface area contributed by atoms with Crippen molar-refractivity contribution in [2.45, 2.75) is 52.2 Å². The van der Waals surface area contributed by atoms with Crippen LogP contribution in [-0.2, 0) is 22.7 Å². The molecule has 0 aliphatic rings. The van der Waals surface area contributed by atoms with Gasteiger partial charge in [0.25, 0.3) is 0 Å². The highest BCUT2D eigenvalue weighted by molar-refractivity contribution is 6.76. The molecule has 26 heavy (non-hydrogen) atoms. The van der Waals surface area contributed by atoms with Crippen molar-refractivity contribution in [2.75, 3.05) is 13.2 Å². The molecule has 1 aromatic heterocycles. The Labute approximate surface area is 155 Å². The second kappa shape index (κ2) is 8.79. The zero-order valence-corrected chi connectivity index (χ0v) is 17.2. The number of aromatic nitrogens is 2. The third kappa shape index (κ3) is 6.23. The molecule has 7 heteroatoms. The van der Waals surface area contributed by atoms with E-state index >= 15 is 0 Å². The topological polar surface area (TPSA) is 84.6 Å². The van der Waals surface area contributed by atoms with Gasteiger partial charge in [-0.1, -0.05) is 25.7 Å². The molecular weight excluding hydrogens is 348 g/mol. The molecule has 0 aliphatic heterocycles. The van der Waals surface area contributed by atoms with E-state index in [2.05, 4.69) is 24.7 Å². The maximum atomic E-state index is 10.9. The van der Waals surface area contributed by atoms with Crippen LogP contribution in [0.3, 0.4) is 0 Å². The molecule has 2 aromatic rings. The fraction of sp³-hybridized carbons (Fsp3) is 0.579. The molecule has 1 heterocycles. The zero-order chi connectivity index (χ0) is 19.3. The Kier molecular flexibility index (Phi) is 6.97. The van der Waals surface area contributed by atoms with Crippen LogP contribution in [0.2, 0.25) is 25.7 Å². The van der Waals surface area contributed by atoms with Gasteiger partial charge in [0.1, 0.15) is 6.73 Å². The van der Waals surface area contributed by atoms with Gasteiger partial charge in [0.2, 0.25) is 0 Å². The SMILES string of the molecule is Cc1cc(CC(CO)CC(=O)O)cc2cn(COCC[Si](C)(C)C)nc12. The Balaban J connectivity index is 2.06. The summed E-state index contributed by atoms with van der Waals surface area (Å²) in [5, 5.41) is 24.0. The number of hydrogen-bond acceptors (Lipinski definition) is 4. The van der Waals surface area contributed by atoms with Crippen molar-refractivity contribution in [2.24, 2.45) is 5.92 Å². The fourth-order valence-corrected chi connectivity index (χ4v) is 3.70. The van der Waals surface area contributed by atoms with Crippen LogP contribution in [0.25, 0.3) is 10.9 Å². The monoisotopic (exact) mass is 378 g/mol. The minimum atomic E-state index is -1.09. The Bertz CT molecular complexity index is 752. The molecule has 1 unspecified atom stereocenters. The van der Waals surface area contributed by atoms with Crippen LogP contribution in [0, 0.1) is 12.8 Å². The van der Waals surface area contributed by atoms with Crippen LogP contribution in [-0.4, -0.2) is 47.3 Å². The van der Waals surface area contributed by atoms with Gasteiger partial charge in [-0.2, -0.15) is 5.10 Å². The number of rotatable bonds is 10. The van der Waals surface area contributed by atoms with E-state index in [1.165, 1.54) is 0 Å². The second-order valence-corrected chi connectivity index (χ2v) is 13.8. The van der Waals surface area contributed by atoms with E-state index in [1.54, 1.807) is 0 Å². The number of fused-ring (bicyclic) bond motifs is 1. The number of carboxylic acids is 1. The number of aryl methyl sites for hydroxylation is 1. The summed E-state index contributed by atoms with van der Waals surface area (Å²) in [6.45, 7) is 10.0. The summed E-state index contributed by atoms with van der Waals surface area (Å²) in [4.78, 5) is 10.9. The highest BCUT2D eigenvalue weighted by Crippen LogP contribution is 2.22. The van der Waals surface area contributed by atoms with Gasteiger partial charge in [0.15, 0.2) is 0 Å². The second-order valence-electron chi connectivity index (χ2n) is 8.22. The van der Waals surface area contributed by atoms with E-state index in [0.29, 0.717) is 13.2 Å². The summed E-state index contributed by atoms with van der Waals surface area (Å²) >= 11 is 0. The lowest BCUT2D eigenvalue weighted by atomic mass is 9.95. The van der Waals surface area contributed by atoms with Crippen molar-refractivity contribution in [1.29, 1.82) is 0 Å². The molecule has 1 atom stereocenters.